The quantitative estimate of drug-likeness (QED) is 0.516. The highest BCUT2D eigenvalue weighted by Crippen LogP contribution is 2.26. The van der Waals surface area contributed by atoms with Crippen molar-refractivity contribution in [3.8, 4) is 0 Å². The fourth-order valence-corrected chi connectivity index (χ4v) is 2.26. The number of carbonyl (C=O) groups is 1. The fourth-order valence-electron chi connectivity index (χ4n) is 2.26. The number of aromatic nitrogens is 2. The summed E-state index contributed by atoms with van der Waals surface area (Å²) < 4.78 is 33.5. The third kappa shape index (κ3) is 3.68. The number of nitrogens with zero attached hydrogens (tertiary/aromatic N) is 4. The predicted octanol–water partition coefficient (Wildman–Crippen LogP) is 4.13. The van der Waals surface area contributed by atoms with Crippen LogP contribution >= 0.6 is 0 Å². The van der Waals surface area contributed by atoms with Gasteiger partial charge < -0.3 is 4.74 Å². The second-order valence-electron chi connectivity index (χ2n) is 5.09. The summed E-state index contributed by atoms with van der Waals surface area (Å²) in [5.41, 5.74) is 0.684. The molecule has 0 N–H and O–H groups in total. The van der Waals surface area contributed by atoms with Gasteiger partial charge in [-0.05, 0) is 31.2 Å². The number of halogens is 2. The van der Waals surface area contributed by atoms with E-state index in [0.717, 1.165) is 0 Å². The maximum atomic E-state index is 13.7. The molecule has 0 spiro atoms. The molecule has 0 aliphatic heterocycles. The van der Waals surface area contributed by atoms with Crippen molar-refractivity contribution < 1.29 is 18.3 Å². The zero-order valence-electron chi connectivity index (χ0n) is 13.3. The number of esters is 1. The first kappa shape index (κ1) is 16.7. The van der Waals surface area contributed by atoms with Crippen molar-refractivity contribution in [2.24, 2.45) is 10.2 Å². The van der Waals surface area contributed by atoms with Crippen LogP contribution in [0.4, 0.5) is 20.3 Å². The maximum absolute atomic E-state index is 13.7. The average molecular weight is 344 g/mol. The molecule has 2 heterocycles. The Labute approximate surface area is 141 Å². The molecule has 0 bridgehead atoms. The summed E-state index contributed by atoms with van der Waals surface area (Å²) in [6, 6.07) is 8.55. The standard InChI is InChI=1S/C17H14F2N4O2/c1-2-25-16(24)9-14-17(22-21-13-6-4-3-5-12(13)19)23-10-11(18)7-8-15(23)20-14/h3-8,10H,2,9H2,1H3. The molecule has 6 nitrogen and oxygen atoms in total. The van der Waals surface area contributed by atoms with Gasteiger partial charge in [0, 0.05) is 6.20 Å². The normalized spacial score (nSPS) is 11.3. The molecule has 0 fully saturated rings. The van der Waals surface area contributed by atoms with Crippen LogP contribution in [0.3, 0.4) is 0 Å². The Balaban J connectivity index is 2.05. The Kier molecular flexibility index (Phi) is 4.78. The molecule has 0 unspecified atom stereocenters. The predicted molar refractivity (Wildman–Crippen MR) is 86.1 cm³/mol. The molecule has 8 heteroatoms. The minimum atomic E-state index is -0.543. The second-order valence-corrected chi connectivity index (χ2v) is 5.09. The number of benzene rings is 1. The average Bonchev–Trinajstić information content (AvgIpc) is 2.91. The summed E-state index contributed by atoms with van der Waals surface area (Å²) in [7, 11) is 0. The highest BCUT2D eigenvalue weighted by molar-refractivity contribution is 5.74. The summed E-state index contributed by atoms with van der Waals surface area (Å²) in [6.07, 6.45) is 1.02. The summed E-state index contributed by atoms with van der Waals surface area (Å²) in [4.78, 5) is 16.0. The van der Waals surface area contributed by atoms with Crippen molar-refractivity contribution in [1.29, 1.82) is 0 Å². The number of ether oxygens (including phenoxy) is 1. The summed E-state index contributed by atoms with van der Waals surface area (Å²) >= 11 is 0. The van der Waals surface area contributed by atoms with E-state index in [0.29, 0.717) is 5.65 Å². The molecule has 2 aromatic heterocycles. The maximum Gasteiger partial charge on any atom is 0.312 e. The van der Waals surface area contributed by atoms with E-state index >= 15 is 0 Å². The van der Waals surface area contributed by atoms with Crippen LogP contribution in [0.5, 0.6) is 0 Å². The molecule has 25 heavy (non-hydrogen) atoms. The van der Waals surface area contributed by atoms with E-state index in [-0.39, 0.29) is 30.2 Å². The van der Waals surface area contributed by atoms with E-state index in [9.17, 15) is 13.6 Å². The Morgan fingerprint density at radius 3 is 2.76 bits per heavy atom. The van der Waals surface area contributed by atoms with Gasteiger partial charge in [-0.15, -0.1) is 10.2 Å². The number of imidazole rings is 1. The van der Waals surface area contributed by atoms with Crippen LogP contribution in [0.1, 0.15) is 12.6 Å². The van der Waals surface area contributed by atoms with Crippen LogP contribution in [0.25, 0.3) is 5.65 Å². The minimum Gasteiger partial charge on any atom is -0.466 e. The molecule has 0 saturated heterocycles. The topological polar surface area (TPSA) is 68.3 Å². The summed E-state index contributed by atoms with van der Waals surface area (Å²) in [5, 5.41) is 7.85. The molecule has 0 aliphatic rings. The minimum absolute atomic E-state index is 0.0240. The Morgan fingerprint density at radius 1 is 1.20 bits per heavy atom. The molecule has 3 rings (SSSR count). The molecule has 0 atom stereocenters. The zero-order chi connectivity index (χ0) is 17.8. The van der Waals surface area contributed by atoms with Gasteiger partial charge in [0.05, 0.1) is 18.7 Å². The first-order valence-corrected chi connectivity index (χ1v) is 7.57. The van der Waals surface area contributed by atoms with Crippen molar-refractivity contribution in [2.75, 3.05) is 6.61 Å². The molecule has 3 aromatic rings. The Hall–Kier alpha value is -3.16. The van der Waals surface area contributed by atoms with Crippen molar-refractivity contribution in [1.82, 2.24) is 9.38 Å². The summed E-state index contributed by atoms with van der Waals surface area (Å²) in [5.74, 6) is -1.40. The number of hydrogen-bond donors (Lipinski definition) is 0. The lowest BCUT2D eigenvalue weighted by Gasteiger charge is -2.01. The lowest BCUT2D eigenvalue weighted by Crippen LogP contribution is -2.07. The van der Waals surface area contributed by atoms with Gasteiger partial charge in [0.2, 0.25) is 0 Å². The van der Waals surface area contributed by atoms with Crippen LogP contribution in [-0.2, 0) is 16.0 Å². The second kappa shape index (κ2) is 7.16. The van der Waals surface area contributed by atoms with Gasteiger partial charge >= 0.3 is 5.97 Å². The van der Waals surface area contributed by atoms with E-state index < -0.39 is 17.6 Å². The highest BCUT2D eigenvalue weighted by Gasteiger charge is 2.17. The fraction of sp³-hybridized carbons (Fsp3) is 0.176. The van der Waals surface area contributed by atoms with Gasteiger partial charge in [0.1, 0.15) is 17.2 Å². The van der Waals surface area contributed by atoms with Crippen LogP contribution < -0.4 is 0 Å². The molecule has 0 aliphatic carbocycles. The smallest absolute Gasteiger partial charge is 0.312 e. The van der Waals surface area contributed by atoms with Crippen molar-refractivity contribution in [3.63, 3.8) is 0 Å². The van der Waals surface area contributed by atoms with Crippen molar-refractivity contribution in [2.45, 2.75) is 13.3 Å². The van der Waals surface area contributed by atoms with E-state index in [2.05, 4.69) is 15.2 Å². The molecular weight excluding hydrogens is 330 g/mol. The molecule has 0 radical (unpaired) electrons. The molecule has 1 aromatic carbocycles. The Morgan fingerprint density at radius 2 is 2.00 bits per heavy atom. The number of fused-ring (bicyclic) bond motifs is 1. The number of pyridine rings is 1. The van der Waals surface area contributed by atoms with Gasteiger partial charge in [0.15, 0.2) is 11.6 Å². The van der Waals surface area contributed by atoms with Crippen molar-refractivity contribution in [3.05, 3.63) is 59.9 Å². The van der Waals surface area contributed by atoms with E-state index in [4.69, 9.17) is 4.74 Å². The van der Waals surface area contributed by atoms with Gasteiger partial charge in [-0.25, -0.2) is 13.8 Å². The monoisotopic (exact) mass is 344 g/mol. The third-order valence-electron chi connectivity index (χ3n) is 3.35. The number of hydrogen-bond acceptors (Lipinski definition) is 5. The van der Waals surface area contributed by atoms with Crippen LogP contribution in [0.15, 0.2) is 52.8 Å². The first-order valence-electron chi connectivity index (χ1n) is 7.57. The summed E-state index contributed by atoms with van der Waals surface area (Å²) in [6.45, 7) is 1.92. The zero-order valence-corrected chi connectivity index (χ0v) is 13.3. The van der Waals surface area contributed by atoms with E-state index in [1.165, 1.54) is 40.9 Å². The lowest BCUT2D eigenvalue weighted by molar-refractivity contribution is -0.142. The largest absolute Gasteiger partial charge is 0.466 e. The molecule has 0 saturated carbocycles. The van der Waals surface area contributed by atoms with Gasteiger partial charge in [0.25, 0.3) is 0 Å². The highest BCUT2D eigenvalue weighted by atomic mass is 19.1. The number of carbonyl (C=O) groups excluding carboxylic acids is 1. The van der Waals surface area contributed by atoms with Crippen LogP contribution in [-0.4, -0.2) is 22.0 Å². The van der Waals surface area contributed by atoms with E-state index in [1.807, 2.05) is 0 Å². The number of rotatable bonds is 5. The SMILES string of the molecule is CCOC(=O)Cc1nc2ccc(F)cn2c1N=Nc1ccccc1F. The van der Waals surface area contributed by atoms with Crippen LogP contribution in [0, 0.1) is 11.6 Å². The van der Waals surface area contributed by atoms with Gasteiger partial charge in [-0.2, -0.15) is 0 Å². The van der Waals surface area contributed by atoms with Crippen LogP contribution in [0.2, 0.25) is 0 Å². The van der Waals surface area contributed by atoms with Crippen molar-refractivity contribution >= 4 is 23.1 Å². The van der Waals surface area contributed by atoms with Gasteiger partial charge in [-0.3, -0.25) is 9.20 Å². The van der Waals surface area contributed by atoms with Gasteiger partial charge in [-0.1, -0.05) is 12.1 Å². The first-order chi connectivity index (χ1) is 12.1. The molecular formula is C17H14F2N4O2. The number of azo groups is 1. The van der Waals surface area contributed by atoms with E-state index in [1.54, 1.807) is 13.0 Å². The third-order valence-corrected chi connectivity index (χ3v) is 3.35. The lowest BCUT2D eigenvalue weighted by atomic mass is 10.3. The molecule has 0 amide bonds. The Bertz CT molecular complexity index is 953. The molecule has 128 valence electrons.